The number of rotatable bonds is 6. The zero-order valence-electron chi connectivity index (χ0n) is 15.3. The topological polar surface area (TPSA) is 83.7 Å². The first-order valence-electron chi connectivity index (χ1n) is 8.96. The average Bonchev–Trinajstić information content (AvgIpc) is 2.62. The quantitative estimate of drug-likeness (QED) is 0.832. The van der Waals surface area contributed by atoms with Crippen LogP contribution in [-0.2, 0) is 10.0 Å². The molecule has 7 heteroatoms. The van der Waals surface area contributed by atoms with Crippen molar-refractivity contribution in [1.82, 2.24) is 9.21 Å². The Labute approximate surface area is 151 Å². The summed E-state index contributed by atoms with van der Waals surface area (Å²) in [5.74, 6) is 0.332. The molecule has 1 atom stereocenters. The Balaban J connectivity index is 2.18. The Bertz CT molecular complexity index is 691. The van der Waals surface area contributed by atoms with E-state index < -0.39 is 10.0 Å². The number of piperidine rings is 1. The molecule has 25 heavy (non-hydrogen) atoms. The van der Waals surface area contributed by atoms with Crippen LogP contribution >= 0.6 is 0 Å². The zero-order chi connectivity index (χ0) is 18.6. The number of benzene rings is 1. The Morgan fingerprint density at radius 3 is 2.40 bits per heavy atom. The Hall–Kier alpha value is -1.44. The lowest BCUT2D eigenvalue weighted by atomic mass is 9.90. The highest BCUT2D eigenvalue weighted by Gasteiger charge is 2.27. The SMILES string of the molecule is CCN(CC)S(=O)(=O)c1cccc(C(=O)N2CCC(C(C)N)CC2)c1. The molecule has 2 N–H and O–H groups in total. The van der Waals surface area contributed by atoms with Crippen LogP contribution in [0.4, 0.5) is 0 Å². The summed E-state index contributed by atoms with van der Waals surface area (Å²) >= 11 is 0. The molecule has 1 amide bonds. The molecule has 1 unspecified atom stereocenters. The summed E-state index contributed by atoms with van der Waals surface area (Å²) in [5, 5.41) is 0. The molecule has 0 aliphatic carbocycles. The van der Waals surface area contributed by atoms with E-state index in [4.69, 9.17) is 5.73 Å². The summed E-state index contributed by atoms with van der Waals surface area (Å²) in [6.07, 6.45) is 1.78. The van der Waals surface area contributed by atoms with Crippen LogP contribution < -0.4 is 5.73 Å². The maximum absolute atomic E-state index is 12.8. The van der Waals surface area contributed by atoms with Crippen molar-refractivity contribution in [3.05, 3.63) is 29.8 Å². The molecule has 0 saturated carbocycles. The van der Waals surface area contributed by atoms with Gasteiger partial charge in [0.2, 0.25) is 10.0 Å². The third-order valence-electron chi connectivity index (χ3n) is 4.99. The average molecular weight is 368 g/mol. The second-order valence-electron chi connectivity index (χ2n) is 6.61. The van der Waals surface area contributed by atoms with Crippen LogP contribution in [0.3, 0.4) is 0 Å². The van der Waals surface area contributed by atoms with Gasteiger partial charge in [0.1, 0.15) is 0 Å². The van der Waals surface area contributed by atoms with Crippen molar-refractivity contribution in [3.63, 3.8) is 0 Å². The standard InChI is InChI=1S/C18H29N3O3S/c1-4-21(5-2)25(23,24)17-8-6-7-16(13-17)18(22)20-11-9-15(10-12-20)14(3)19/h6-8,13-15H,4-5,9-12,19H2,1-3H3. The Morgan fingerprint density at radius 2 is 1.88 bits per heavy atom. The van der Waals surface area contributed by atoms with Crippen molar-refractivity contribution in [3.8, 4) is 0 Å². The van der Waals surface area contributed by atoms with Gasteiger partial charge in [-0.25, -0.2) is 8.42 Å². The van der Waals surface area contributed by atoms with E-state index in [1.54, 1.807) is 36.9 Å². The van der Waals surface area contributed by atoms with Gasteiger partial charge in [0.15, 0.2) is 0 Å². The van der Waals surface area contributed by atoms with Gasteiger partial charge in [0.25, 0.3) is 5.91 Å². The summed E-state index contributed by atoms with van der Waals surface area (Å²) in [6.45, 7) is 7.75. The Kier molecular flexibility index (Phi) is 6.59. The van der Waals surface area contributed by atoms with Gasteiger partial charge in [-0.2, -0.15) is 4.31 Å². The van der Waals surface area contributed by atoms with E-state index >= 15 is 0 Å². The monoisotopic (exact) mass is 367 g/mol. The predicted molar refractivity (Wildman–Crippen MR) is 98.8 cm³/mol. The first-order chi connectivity index (χ1) is 11.8. The summed E-state index contributed by atoms with van der Waals surface area (Å²) in [4.78, 5) is 14.7. The number of nitrogens with zero attached hydrogens (tertiary/aromatic N) is 2. The number of carbonyl (C=O) groups is 1. The molecule has 0 radical (unpaired) electrons. The van der Waals surface area contributed by atoms with Gasteiger partial charge in [-0.3, -0.25) is 4.79 Å². The van der Waals surface area contributed by atoms with Gasteiger partial charge in [-0.1, -0.05) is 19.9 Å². The van der Waals surface area contributed by atoms with Crippen LogP contribution in [0.1, 0.15) is 44.0 Å². The summed E-state index contributed by atoms with van der Waals surface area (Å²) in [7, 11) is -3.56. The van der Waals surface area contributed by atoms with Crippen LogP contribution in [-0.4, -0.2) is 55.8 Å². The normalized spacial score (nSPS) is 17.7. The molecule has 2 rings (SSSR count). The van der Waals surface area contributed by atoms with Crippen molar-refractivity contribution >= 4 is 15.9 Å². The van der Waals surface area contributed by atoms with E-state index in [2.05, 4.69) is 0 Å². The van der Waals surface area contributed by atoms with Gasteiger partial charge in [0, 0.05) is 37.8 Å². The molecular formula is C18H29N3O3S. The predicted octanol–water partition coefficient (Wildman–Crippen LogP) is 1.92. The maximum atomic E-state index is 12.8. The fourth-order valence-corrected chi connectivity index (χ4v) is 4.82. The molecule has 6 nitrogen and oxygen atoms in total. The van der Waals surface area contributed by atoms with Gasteiger partial charge < -0.3 is 10.6 Å². The van der Waals surface area contributed by atoms with Gasteiger partial charge >= 0.3 is 0 Å². The number of sulfonamides is 1. The van der Waals surface area contributed by atoms with Crippen molar-refractivity contribution in [2.24, 2.45) is 11.7 Å². The number of hydrogen-bond acceptors (Lipinski definition) is 4. The smallest absolute Gasteiger partial charge is 0.253 e. The molecule has 1 fully saturated rings. The van der Waals surface area contributed by atoms with E-state index in [-0.39, 0.29) is 16.8 Å². The number of hydrogen-bond donors (Lipinski definition) is 1. The van der Waals surface area contributed by atoms with Crippen molar-refractivity contribution < 1.29 is 13.2 Å². The van der Waals surface area contributed by atoms with Crippen LogP contribution in [0.15, 0.2) is 29.2 Å². The molecule has 0 bridgehead atoms. The number of nitrogens with two attached hydrogens (primary N) is 1. The summed E-state index contributed by atoms with van der Waals surface area (Å²) in [5.41, 5.74) is 6.37. The fourth-order valence-electron chi connectivity index (χ4n) is 3.31. The molecule has 1 aromatic carbocycles. The van der Waals surface area contributed by atoms with Crippen LogP contribution in [0, 0.1) is 5.92 Å². The molecule has 1 aromatic rings. The first kappa shape index (κ1) is 19.9. The lowest BCUT2D eigenvalue weighted by Crippen LogP contribution is -2.42. The highest BCUT2D eigenvalue weighted by molar-refractivity contribution is 7.89. The highest BCUT2D eigenvalue weighted by atomic mass is 32.2. The lowest BCUT2D eigenvalue weighted by molar-refractivity contribution is 0.0680. The molecular weight excluding hydrogens is 338 g/mol. The minimum Gasteiger partial charge on any atom is -0.339 e. The van der Waals surface area contributed by atoms with Crippen LogP contribution in [0.2, 0.25) is 0 Å². The molecule has 140 valence electrons. The second kappa shape index (κ2) is 8.29. The second-order valence-corrected chi connectivity index (χ2v) is 8.54. The lowest BCUT2D eigenvalue weighted by Gasteiger charge is -2.33. The highest BCUT2D eigenvalue weighted by Crippen LogP contribution is 2.22. The fraction of sp³-hybridized carbons (Fsp3) is 0.611. The van der Waals surface area contributed by atoms with E-state index in [1.165, 1.54) is 10.4 Å². The third kappa shape index (κ3) is 4.40. The van der Waals surface area contributed by atoms with Crippen molar-refractivity contribution in [2.45, 2.75) is 44.6 Å². The first-order valence-corrected chi connectivity index (χ1v) is 10.4. The van der Waals surface area contributed by atoms with E-state index in [9.17, 15) is 13.2 Å². The van der Waals surface area contributed by atoms with E-state index in [0.29, 0.717) is 37.7 Å². The largest absolute Gasteiger partial charge is 0.339 e. The molecule has 1 heterocycles. The van der Waals surface area contributed by atoms with Crippen molar-refractivity contribution in [2.75, 3.05) is 26.2 Å². The molecule has 1 aliphatic heterocycles. The Morgan fingerprint density at radius 1 is 1.28 bits per heavy atom. The zero-order valence-corrected chi connectivity index (χ0v) is 16.1. The maximum Gasteiger partial charge on any atom is 0.253 e. The summed E-state index contributed by atoms with van der Waals surface area (Å²) in [6, 6.07) is 6.50. The van der Waals surface area contributed by atoms with E-state index in [0.717, 1.165) is 12.8 Å². The third-order valence-corrected chi connectivity index (χ3v) is 7.04. The number of likely N-dealkylation sites (tertiary alicyclic amines) is 1. The summed E-state index contributed by atoms with van der Waals surface area (Å²) < 4.78 is 26.7. The van der Waals surface area contributed by atoms with Gasteiger partial charge in [-0.05, 0) is 43.9 Å². The molecule has 0 spiro atoms. The van der Waals surface area contributed by atoms with Crippen molar-refractivity contribution in [1.29, 1.82) is 0 Å². The number of carbonyl (C=O) groups excluding carboxylic acids is 1. The van der Waals surface area contributed by atoms with E-state index in [1.807, 2.05) is 6.92 Å². The molecule has 1 saturated heterocycles. The van der Waals surface area contributed by atoms with Gasteiger partial charge in [0.05, 0.1) is 4.90 Å². The van der Waals surface area contributed by atoms with Crippen LogP contribution in [0.25, 0.3) is 0 Å². The minimum atomic E-state index is -3.56. The molecule has 0 aromatic heterocycles. The van der Waals surface area contributed by atoms with Gasteiger partial charge in [-0.15, -0.1) is 0 Å². The van der Waals surface area contributed by atoms with Crippen LogP contribution in [0.5, 0.6) is 0 Å². The minimum absolute atomic E-state index is 0.111. The molecule has 1 aliphatic rings. The number of amides is 1.